The van der Waals surface area contributed by atoms with Gasteiger partial charge in [0.05, 0.1) is 12.3 Å². The van der Waals surface area contributed by atoms with Gasteiger partial charge in [-0.05, 0) is 0 Å². The van der Waals surface area contributed by atoms with E-state index in [9.17, 15) is 9.59 Å². The van der Waals surface area contributed by atoms with Crippen LogP contribution in [0.5, 0.6) is 0 Å². The lowest BCUT2D eigenvalue weighted by Crippen LogP contribution is -2.24. The molecule has 3 nitrogen and oxygen atoms in total. The molecule has 4 heteroatoms. The van der Waals surface area contributed by atoms with E-state index in [0.717, 1.165) is 16.7 Å². The molecule has 0 saturated carbocycles. The summed E-state index contributed by atoms with van der Waals surface area (Å²) in [6.45, 7) is 4.76. The molecule has 1 aliphatic heterocycles. The number of nitrogens with zero attached hydrogens (tertiary/aromatic N) is 1. The van der Waals surface area contributed by atoms with Gasteiger partial charge in [0, 0.05) is 0 Å². The SMILES string of the molecule is C=C[CH]N1C(=O)CSC1=O. The molecular weight excluding hydrogens is 150 g/mol. The monoisotopic (exact) mass is 156 g/mol. The van der Waals surface area contributed by atoms with E-state index in [0.29, 0.717) is 0 Å². The summed E-state index contributed by atoms with van der Waals surface area (Å²) < 4.78 is 0. The Bertz CT molecular complexity index is 174. The van der Waals surface area contributed by atoms with Crippen LogP contribution in [0.2, 0.25) is 0 Å². The summed E-state index contributed by atoms with van der Waals surface area (Å²) in [6.07, 6.45) is 1.42. The van der Waals surface area contributed by atoms with Gasteiger partial charge in [0.2, 0.25) is 5.91 Å². The van der Waals surface area contributed by atoms with Crippen LogP contribution < -0.4 is 0 Å². The van der Waals surface area contributed by atoms with Gasteiger partial charge in [-0.3, -0.25) is 14.5 Å². The van der Waals surface area contributed by atoms with E-state index >= 15 is 0 Å². The lowest BCUT2D eigenvalue weighted by Gasteiger charge is -2.06. The summed E-state index contributed by atoms with van der Waals surface area (Å²) in [4.78, 5) is 22.6. The maximum absolute atomic E-state index is 10.8. The quantitative estimate of drug-likeness (QED) is 0.599. The number of imide groups is 1. The first-order valence-electron chi connectivity index (χ1n) is 2.70. The topological polar surface area (TPSA) is 37.4 Å². The van der Waals surface area contributed by atoms with Crippen LogP contribution in [-0.2, 0) is 4.79 Å². The molecule has 0 unspecified atom stereocenters. The summed E-state index contributed by atoms with van der Waals surface area (Å²) in [6, 6.07) is 0. The predicted molar refractivity (Wildman–Crippen MR) is 39.2 cm³/mol. The first-order chi connectivity index (χ1) is 4.75. The van der Waals surface area contributed by atoms with Gasteiger partial charge in [-0.15, -0.1) is 6.58 Å². The number of thioether (sulfide) groups is 1. The molecule has 0 aromatic heterocycles. The third-order valence-corrected chi connectivity index (χ3v) is 1.87. The van der Waals surface area contributed by atoms with Gasteiger partial charge >= 0.3 is 0 Å². The molecule has 10 heavy (non-hydrogen) atoms. The largest absolute Gasteiger partial charge is 0.289 e. The lowest BCUT2D eigenvalue weighted by molar-refractivity contribution is -0.123. The van der Waals surface area contributed by atoms with Crippen LogP contribution in [0.25, 0.3) is 0 Å². The fourth-order valence-corrected chi connectivity index (χ4v) is 1.30. The zero-order valence-electron chi connectivity index (χ0n) is 5.24. The van der Waals surface area contributed by atoms with Gasteiger partial charge in [-0.25, -0.2) is 0 Å². The van der Waals surface area contributed by atoms with Crippen LogP contribution in [0.3, 0.4) is 0 Å². The molecule has 0 atom stereocenters. The summed E-state index contributed by atoms with van der Waals surface area (Å²) in [5.41, 5.74) is 0. The highest BCUT2D eigenvalue weighted by molar-refractivity contribution is 8.14. The molecule has 0 aromatic rings. The minimum atomic E-state index is -0.218. The van der Waals surface area contributed by atoms with Crippen molar-refractivity contribution in [3.8, 4) is 0 Å². The lowest BCUT2D eigenvalue weighted by atomic mass is 10.5. The van der Waals surface area contributed by atoms with Crippen LogP contribution >= 0.6 is 11.8 Å². The Morgan fingerprint density at radius 1 is 1.60 bits per heavy atom. The Labute approximate surface area is 63.1 Å². The van der Waals surface area contributed by atoms with Crippen LogP contribution in [-0.4, -0.2) is 21.8 Å². The number of hydrogen-bond donors (Lipinski definition) is 0. The van der Waals surface area contributed by atoms with Crippen molar-refractivity contribution in [3.63, 3.8) is 0 Å². The molecule has 1 heterocycles. The number of amides is 2. The molecule has 0 spiro atoms. The van der Waals surface area contributed by atoms with E-state index in [4.69, 9.17) is 0 Å². The van der Waals surface area contributed by atoms with E-state index in [1.54, 1.807) is 0 Å². The third kappa shape index (κ3) is 1.21. The molecule has 1 radical (unpaired) electrons. The number of carbonyl (C=O) groups is 2. The van der Waals surface area contributed by atoms with Gasteiger partial charge in [0.25, 0.3) is 5.24 Å². The van der Waals surface area contributed by atoms with Gasteiger partial charge in [-0.2, -0.15) is 0 Å². The summed E-state index contributed by atoms with van der Waals surface area (Å²) in [5, 5.41) is -0.218. The normalized spacial score (nSPS) is 18.2. The summed E-state index contributed by atoms with van der Waals surface area (Å²) >= 11 is 1.01. The maximum Gasteiger partial charge on any atom is 0.289 e. The maximum atomic E-state index is 10.8. The van der Waals surface area contributed by atoms with E-state index in [-0.39, 0.29) is 16.9 Å². The average Bonchev–Trinajstić information content (AvgIpc) is 2.20. The van der Waals surface area contributed by atoms with Crippen molar-refractivity contribution in [2.75, 3.05) is 5.75 Å². The summed E-state index contributed by atoms with van der Waals surface area (Å²) in [5.74, 6) is 0.0818. The minimum Gasteiger partial charge on any atom is -0.273 e. The zero-order valence-corrected chi connectivity index (χ0v) is 6.06. The second kappa shape index (κ2) is 2.88. The highest BCUT2D eigenvalue weighted by Crippen LogP contribution is 2.19. The molecule has 0 N–H and O–H groups in total. The van der Waals surface area contributed by atoms with Crippen molar-refractivity contribution in [2.24, 2.45) is 0 Å². The third-order valence-electron chi connectivity index (χ3n) is 1.04. The second-order valence-electron chi connectivity index (χ2n) is 1.70. The molecular formula is C6H6NO2S. The number of hydrogen-bond acceptors (Lipinski definition) is 3. The van der Waals surface area contributed by atoms with Crippen molar-refractivity contribution in [1.29, 1.82) is 0 Å². The summed E-state index contributed by atoms with van der Waals surface area (Å²) in [7, 11) is 0. The second-order valence-corrected chi connectivity index (χ2v) is 2.63. The Hall–Kier alpha value is -0.770. The van der Waals surface area contributed by atoms with Crippen molar-refractivity contribution < 1.29 is 9.59 Å². The molecule has 1 saturated heterocycles. The fraction of sp³-hybridized carbons (Fsp3) is 0.167. The van der Waals surface area contributed by atoms with Crippen LogP contribution in [0.4, 0.5) is 4.79 Å². The minimum absolute atomic E-state index is 0.171. The smallest absolute Gasteiger partial charge is 0.273 e. The van der Waals surface area contributed by atoms with Crippen LogP contribution in [0.15, 0.2) is 12.7 Å². The predicted octanol–water partition coefficient (Wildman–Crippen LogP) is 1.03. The van der Waals surface area contributed by atoms with Crippen molar-refractivity contribution >= 4 is 22.9 Å². The van der Waals surface area contributed by atoms with Crippen LogP contribution in [0.1, 0.15) is 0 Å². The molecule has 0 bridgehead atoms. The number of carbonyl (C=O) groups excluding carboxylic acids is 2. The van der Waals surface area contributed by atoms with E-state index in [2.05, 4.69) is 6.58 Å². The molecule has 0 aromatic carbocycles. The van der Waals surface area contributed by atoms with E-state index in [1.807, 2.05) is 0 Å². The Morgan fingerprint density at radius 3 is 2.70 bits per heavy atom. The Kier molecular flexibility index (Phi) is 2.11. The van der Waals surface area contributed by atoms with Crippen molar-refractivity contribution in [3.05, 3.63) is 19.2 Å². The van der Waals surface area contributed by atoms with Crippen molar-refractivity contribution in [1.82, 2.24) is 4.90 Å². The Balaban J connectivity index is 2.62. The molecule has 1 aliphatic rings. The first kappa shape index (κ1) is 7.34. The molecule has 1 rings (SSSR count). The average molecular weight is 156 g/mol. The van der Waals surface area contributed by atoms with Gasteiger partial charge in [-0.1, -0.05) is 17.8 Å². The van der Waals surface area contributed by atoms with Gasteiger partial charge in [0.15, 0.2) is 0 Å². The highest BCUT2D eigenvalue weighted by Gasteiger charge is 2.28. The standard InChI is InChI=1S/C6H6NO2S/c1-2-3-7-5(8)4-10-6(7)9/h2-3H,1,4H2. The van der Waals surface area contributed by atoms with Crippen LogP contribution in [0, 0.1) is 6.54 Å². The van der Waals surface area contributed by atoms with Crippen molar-refractivity contribution in [2.45, 2.75) is 0 Å². The number of rotatable bonds is 2. The Morgan fingerprint density at radius 2 is 2.30 bits per heavy atom. The molecule has 0 aliphatic carbocycles. The highest BCUT2D eigenvalue weighted by atomic mass is 32.2. The first-order valence-corrected chi connectivity index (χ1v) is 3.69. The molecule has 53 valence electrons. The van der Waals surface area contributed by atoms with Gasteiger partial charge < -0.3 is 0 Å². The molecule has 2 amide bonds. The van der Waals surface area contributed by atoms with Gasteiger partial charge in [0.1, 0.15) is 0 Å². The van der Waals surface area contributed by atoms with E-state index in [1.165, 1.54) is 12.6 Å². The molecule has 1 fully saturated rings. The van der Waals surface area contributed by atoms with E-state index < -0.39 is 0 Å². The zero-order chi connectivity index (χ0) is 7.56. The fourth-order valence-electron chi connectivity index (χ4n) is 0.614.